The fraction of sp³-hybridized carbons (Fsp3) is 0.727. The molecule has 1 aliphatic rings. The summed E-state index contributed by atoms with van der Waals surface area (Å²) in [6.07, 6.45) is 2.30. The van der Waals surface area contributed by atoms with Crippen molar-refractivity contribution in [1.82, 2.24) is 15.2 Å². The number of hydrogen-bond acceptors (Lipinski definition) is 5. The molecule has 2 heterocycles. The van der Waals surface area contributed by atoms with Crippen molar-refractivity contribution in [2.24, 2.45) is 5.92 Å². The topological polar surface area (TPSA) is 79.5 Å². The van der Waals surface area contributed by atoms with Crippen LogP contribution in [-0.4, -0.2) is 39.4 Å². The first kappa shape index (κ1) is 12.0. The minimum absolute atomic E-state index is 0.251. The molecule has 0 aliphatic carbocycles. The van der Waals surface area contributed by atoms with Crippen LogP contribution in [0.15, 0.2) is 4.63 Å². The van der Waals surface area contributed by atoms with Gasteiger partial charge in [-0.05, 0) is 32.2 Å². The maximum absolute atomic E-state index is 10.7. The number of carboxylic acid groups (broad SMARTS) is 1. The average molecular weight is 239 g/mol. The Kier molecular flexibility index (Phi) is 3.73. The highest BCUT2D eigenvalue weighted by Crippen LogP contribution is 2.21. The molecule has 1 aromatic heterocycles. The average Bonchev–Trinajstić information content (AvgIpc) is 2.64. The molecule has 0 spiro atoms. The normalized spacial score (nSPS) is 21.6. The Labute approximate surface area is 99.6 Å². The quantitative estimate of drug-likeness (QED) is 0.846. The first-order valence-corrected chi connectivity index (χ1v) is 5.87. The van der Waals surface area contributed by atoms with Gasteiger partial charge in [0.25, 0.3) is 0 Å². The summed E-state index contributed by atoms with van der Waals surface area (Å²) in [5.74, 6) is -0.461. The van der Waals surface area contributed by atoms with Gasteiger partial charge in [0.2, 0.25) is 0 Å². The summed E-state index contributed by atoms with van der Waals surface area (Å²) in [6, 6.07) is 0. The number of nitrogens with zero attached hydrogens (tertiary/aromatic N) is 3. The maximum atomic E-state index is 10.7. The number of hydrogen-bond donors (Lipinski definition) is 1. The van der Waals surface area contributed by atoms with Crippen LogP contribution in [-0.2, 0) is 11.3 Å². The van der Waals surface area contributed by atoms with Gasteiger partial charge in [0.1, 0.15) is 11.4 Å². The lowest BCUT2D eigenvalue weighted by Gasteiger charge is -2.31. The van der Waals surface area contributed by atoms with Gasteiger partial charge in [-0.25, -0.2) is 4.63 Å². The Hall–Kier alpha value is -1.43. The van der Waals surface area contributed by atoms with Gasteiger partial charge in [0.05, 0.1) is 0 Å². The molecule has 94 valence electrons. The minimum atomic E-state index is -0.712. The Morgan fingerprint density at radius 3 is 3.06 bits per heavy atom. The Balaban J connectivity index is 1.89. The number of aliphatic carboxylic acids is 1. The van der Waals surface area contributed by atoms with Crippen LogP contribution < -0.4 is 0 Å². The third kappa shape index (κ3) is 3.26. The summed E-state index contributed by atoms with van der Waals surface area (Å²) in [4.78, 5) is 12.9. The first-order valence-electron chi connectivity index (χ1n) is 5.87. The van der Waals surface area contributed by atoms with E-state index in [0.717, 1.165) is 37.3 Å². The molecule has 1 aromatic rings. The predicted octanol–water partition coefficient (Wildman–Crippen LogP) is 1.06. The largest absolute Gasteiger partial charge is 0.481 e. The number of aryl methyl sites for hydroxylation is 1. The monoisotopic (exact) mass is 239 g/mol. The molecular weight excluding hydrogens is 222 g/mol. The van der Waals surface area contributed by atoms with E-state index in [2.05, 4.69) is 19.8 Å². The van der Waals surface area contributed by atoms with Crippen LogP contribution in [0, 0.1) is 12.8 Å². The third-order valence-electron chi connectivity index (χ3n) is 3.19. The zero-order valence-electron chi connectivity index (χ0n) is 9.93. The fourth-order valence-electron chi connectivity index (χ4n) is 2.31. The lowest BCUT2D eigenvalue weighted by atomic mass is 9.95. The van der Waals surface area contributed by atoms with Crippen LogP contribution in [0.25, 0.3) is 0 Å². The van der Waals surface area contributed by atoms with Gasteiger partial charge in [-0.3, -0.25) is 9.69 Å². The van der Waals surface area contributed by atoms with Crippen molar-refractivity contribution in [2.45, 2.75) is 32.7 Å². The molecule has 1 aliphatic heterocycles. The molecule has 0 saturated carbocycles. The zero-order valence-corrected chi connectivity index (χ0v) is 9.93. The number of carbonyl (C=O) groups is 1. The lowest BCUT2D eigenvalue weighted by molar-refractivity contribution is -0.138. The Bertz CT molecular complexity index is 391. The number of aromatic nitrogens is 2. The molecule has 1 fully saturated rings. The van der Waals surface area contributed by atoms with Crippen molar-refractivity contribution >= 4 is 5.97 Å². The molecule has 1 unspecified atom stereocenters. The van der Waals surface area contributed by atoms with Gasteiger partial charge >= 0.3 is 5.97 Å². The van der Waals surface area contributed by atoms with Gasteiger partial charge in [0, 0.05) is 19.5 Å². The molecule has 0 aromatic carbocycles. The summed E-state index contributed by atoms with van der Waals surface area (Å²) in [6.45, 7) is 4.37. The molecule has 0 bridgehead atoms. The van der Waals surface area contributed by atoms with Gasteiger partial charge in [-0.2, -0.15) is 0 Å². The molecule has 1 N–H and O–H groups in total. The van der Waals surface area contributed by atoms with E-state index in [1.807, 2.05) is 6.92 Å². The van der Waals surface area contributed by atoms with Crippen molar-refractivity contribution < 1.29 is 14.5 Å². The molecule has 0 amide bonds. The highest BCUT2D eigenvalue weighted by molar-refractivity contribution is 5.67. The van der Waals surface area contributed by atoms with Crippen LogP contribution in [0.5, 0.6) is 0 Å². The molecule has 17 heavy (non-hydrogen) atoms. The molecule has 1 atom stereocenters. The van der Waals surface area contributed by atoms with Gasteiger partial charge in [-0.15, -0.1) is 0 Å². The second kappa shape index (κ2) is 5.27. The van der Waals surface area contributed by atoms with E-state index in [1.165, 1.54) is 0 Å². The van der Waals surface area contributed by atoms with Crippen molar-refractivity contribution in [3.05, 3.63) is 11.4 Å². The summed E-state index contributed by atoms with van der Waals surface area (Å²) >= 11 is 0. The predicted molar refractivity (Wildman–Crippen MR) is 59.3 cm³/mol. The lowest BCUT2D eigenvalue weighted by Crippen LogP contribution is -2.36. The molecule has 0 radical (unpaired) electrons. The standard InChI is InChI=1S/C11H17N3O3/c1-8-10(13-17-12-8)7-14-4-2-3-9(6-14)5-11(15)16/h9H,2-7H2,1H3,(H,15,16). The number of carboxylic acids is 1. The fourth-order valence-corrected chi connectivity index (χ4v) is 2.31. The van der Waals surface area contributed by atoms with Crippen LogP contribution in [0.1, 0.15) is 30.7 Å². The van der Waals surface area contributed by atoms with Gasteiger partial charge < -0.3 is 5.11 Å². The molecule has 6 heteroatoms. The summed E-state index contributed by atoms with van der Waals surface area (Å²) in [7, 11) is 0. The maximum Gasteiger partial charge on any atom is 0.303 e. The number of likely N-dealkylation sites (tertiary alicyclic amines) is 1. The van der Waals surface area contributed by atoms with Gasteiger partial charge in [0.15, 0.2) is 0 Å². The molecule has 6 nitrogen and oxygen atoms in total. The van der Waals surface area contributed by atoms with Gasteiger partial charge in [-0.1, -0.05) is 10.3 Å². The van der Waals surface area contributed by atoms with Crippen molar-refractivity contribution in [3.8, 4) is 0 Å². The van der Waals surface area contributed by atoms with E-state index in [-0.39, 0.29) is 12.3 Å². The number of rotatable bonds is 4. The van der Waals surface area contributed by atoms with Crippen LogP contribution in [0.4, 0.5) is 0 Å². The SMILES string of the molecule is Cc1nonc1CN1CCCC(CC(=O)O)C1. The van der Waals surface area contributed by atoms with Crippen molar-refractivity contribution in [3.63, 3.8) is 0 Å². The second-order valence-electron chi connectivity index (χ2n) is 4.64. The van der Waals surface area contributed by atoms with Crippen LogP contribution >= 0.6 is 0 Å². The minimum Gasteiger partial charge on any atom is -0.481 e. The summed E-state index contributed by atoms with van der Waals surface area (Å²) < 4.78 is 4.66. The second-order valence-corrected chi connectivity index (χ2v) is 4.64. The molecule has 2 rings (SSSR count). The van der Waals surface area contributed by atoms with E-state index in [9.17, 15) is 4.79 Å². The molecule has 1 saturated heterocycles. The van der Waals surface area contributed by atoms with Crippen molar-refractivity contribution in [2.75, 3.05) is 13.1 Å². The Morgan fingerprint density at radius 1 is 1.59 bits per heavy atom. The van der Waals surface area contributed by atoms with Crippen molar-refractivity contribution in [1.29, 1.82) is 0 Å². The smallest absolute Gasteiger partial charge is 0.303 e. The van der Waals surface area contributed by atoms with Crippen LogP contribution in [0.3, 0.4) is 0 Å². The summed E-state index contributed by atoms with van der Waals surface area (Å²) in [5, 5.41) is 16.4. The first-order chi connectivity index (χ1) is 8.15. The Morgan fingerprint density at radius 2 is 2.41 bits per heavy atom. The van der Waals surface area contributed by atoms with E-state index in [1.54, 1.807) is 0 Å². The zero-order chi connectivity index (χ0) is 12.3. The van der Waals surface area contributed by atoms with Crippen LogP contribution in [0.2, 0.25) is 0 Å². The summed E-state index contributed by atoms with van der Waals surface area (Å²) in [5.41, 5.74) is 1.66. The van der Waals surface area contributed by atoms with E-state index < -0.39 is 5.97 Å². The van der Waals surface area contributed by atoms with E-state index in [4.69, 9.17) is 5.11 Å². The highest BCUT2D eigenvalue weighted by Gasteiger charge is 2.23. The van der Waals surface area contributed by atoms with E-state index in [0.29, 0.717) is 6.54 Å². The third-order valence-corrected chi connectivity index (χ3v) is 3.19. The highest BCUT2D eigenvalue weighted by atomic mass is 16.6. The molecular formula is C11H17N3O3. The van der Waals surface area contributed by atoms with E-state index >= 15 is 0 Å². The number of piperidine rings is 1.